The van der Waals surface area contributed by atoms with E-state index in [9.17, 15) is 13.2 Å². The molecule has 1 heterocycles. The Morgan fingerprint density at radius 1 is 1.11 bits per heavy atom. The summed E-state index contributed by atoms with van der Waals surface area (Å²) in [5, 5.41) is 0. The summed E-state index contributed by atoms with van der Waals surface area (Å²) >= 11 is 6.39. The molecular formula is C12H7Br2F3N2. The molecule has 2 rings (SSSR count). The first-order valence-electron chi connectivity index (χ1n) is 5.08. The number of nitrogens with two attached hydrogens (primary N) is 1. The fraction of sp³-hybridized carbons (Fsp3) is 0.0833. The van der Waals surface area contributed by atoms with Crippen LogP contribution in [0.1, 0.15) is 5.56 Å². The van der Waals surface area contributed by atoms with Crippen LogP contribution in [0.15, 0.2) is 39.4 Å². The summed E-state index contributed by atoms with van der Waals surface area (Å²) in [4.78, 5) is 3.86. The maximum Gasteiger partial charge on any atom is 0.417 e. The summed E-state index contributed by atoms with van der Waals surface area (Å²) in [7, 11) is 0. The zero-order valence-corrected chi connectivity index (χ0v) is 12.5. The zero-order chi connectivity index (χ0) is 14.2. The third kappa shape index (κ3) is 2.76. The Labute approximate surface area is 124 Å². The molecule has 2 aromatic rings. The van der Waals surface area contributed by atoms with Crippen molar-refractivity contribution >= 4 is 37.7 Å². The molecule has 0 atom stereocenters. The van der Waals surface area contributed by atoms with Crippen LogP contribution in [0.4, 0.5) is 19.0 Å². The van der Waals surface area contributed by atoms with Crippen LogP contribution in [0, 0.1) is 0 Å². The predicted molar refractivity (Wildman–Crippen MR) is 74.5 cm³/mol. The average Bonchev–Trinajstić information content (AvgIpc) is 2.34. The largest absolute Gasteiger partial charge is 0.417 e. The van der Waals surface area contributed by atoms with E-state index in [0.29, 0.717) is 14.5 Å². The normalized spacial score (nSPS) is 11.6. The molecule has 2 N–H and O–H groups in total. The number of pyridine rings is 1. The van der Waals surface area contributed by atoms with Gasteiger partial charge in [-0.3, -0.25) is 0 Å². The number of rotatable bonds is 1. The van der Waals surface area contributed by atoms with E-state index in [2.05, 4.69) is 36.8 Å². The minimum atomic E-state index is -4.44. The van der Waals surface area contributed by atoms with Crippen LogP contribution < -0.4 is 5.73 Å². The van der Waals surface area contributed by atoms with Crippen molar-refractivity contribution in [3.05, 3.63) is 45.0 Å². The fourth-order valence-corrected chi connectivity index (χ4v) is 2.99. The Morgan fingerprint density at radius 2 is 1.74 bits per heavy atom. The van der Waals surface area contributed by atoms with Crippen LogP contribution in [-0.2, 0) is 6.18 Å². The second-order valence-electron chi connectivity index (χ2n) is 3.72. The summed E-state index contributed by atoms with van der Waals surface area (Å²) in [6, 6.07) is 5.32. The van der Waals surface area contributed by atoms with Crippen LogP contribution in [0.25, 0.3) is 11.1 Å². The fourth-order valence-electron chi connectivity index (χ4n) is 1.68. The molecule has 7 heteroatoms. The van der Waals surface area contributed by atoms with Gasteiger partial charge in [0, 0.05) is 16.2 Å². The van der Waals surface area contributed by atoms with Crippen molar-refractivity contribution in [2.24, 2.45) is 0 Å². The van der Waals surface area contributed by atoms with Gasteiger partial charge in [-0.15, -0.1) is 0 Å². The van der Waals surface area contributed by atoms with Crippen LogP contribution >= 0.6 is 31.9 Å². The average molecular weight is 396 g/mol. The third-order valence-electron chi connectivity index (χ3n) is 2.50. The van der Waals surface area contributed by atoms with E-state index >= 15 is 0 Å². The van der Waals surface area contributed by atoms with E-state index in [1.54, 1.807) is 6.07 Å². The number of aromatic nitrogens is 1. The van der Waals surface area contributed by atoms with E-state index in [1.807, 2.05) is 0 Å². The lowest BCUT2D eigenvalue weighted by molar-refractivity contribution is -0.137. The zero-order valence-electron chi connectivity index (χ0n) is 9.30. The van der Waals surface area contributed by atoms with Gasteiger partial charge in [-0.1, -0.05) is 18.2 Å². The Kier molecular flexibility index (Phi) is 3.87. The molecule has 0 bridgehead atoms. The Morgan fingerprint density at radius 3 is 2.37 bits per heavy atom. The number of anilines is 1. The summed E-state index contributed by atoms with van der Waals surface area (Å²) in [5.41, 5.74) is 5.28. The second kappa shape index (κ2) is 5.13. The number of alkyl halides is 3. The molecule has 1 aromatic heterocycles. The maximum atomic E-state index is 13.0. The quantitative estimate of drug-likeness (QED) is 0.747. The highest BCUT2D eigenvalue weighted by molar-refractivity contribution is 9.11. The van der Waals surface area contributed by atoms with E-state index in [0.717, 1.165) is 6.07 Å². The van der Waals surface area contributed by atoms with Gasteiger partial charge in [-0.25, -0.2) is 4.98 Å². The third-order valence-corrected chi connectivity index (χ3v) is 3.91. The van der Waals surface area contributed by atoms with E-state index in [-0.39, 0.29) is 11.4 Å². The summed E-state index contributed by atoms with van der Waals surface area (Å²) < 4.78 is 39.8. The summed E-state index contributed by atoms with van der Waals surface area (Å²) in [6.07, 6.45) is -3.06. The first-order chi connectivity index (χ1) is 8.82. The van der Waals surface area contributed by atoms with Crippen molar-refractivity contribution in [3.8, 4) is 11.1 Å². The van der Waals surface area contributed by atoms with Gasteiger partial charge in [-0.05, 0) is 43.5 Å². The van der Waals surface area contributed by atoms with Crippen LogP contribution in [0.5, 0.6) is 0 Å². The van der Waals surface area contributed by atoms with Gasteiger partial charge in [0.15, 0.2) is 0 Å². The van der Waals surface area contributed by atoms with E-state index < -0.39 is 11.7 Å². The minimum Gasteiger partial charge on any atom is -0.383 e. The molecule has 1 aromatic carbocycles. The number of nitrogens with zero attached hydrogens (tertiary/aromatic N) is 1. The van der Waals surface area contributed by atoms with Crippen molar-refractivity contribution in [2.75, 3.05) is 5.73 Å². The molecule has 0 aliphatic heterocycles. The lowest BCUT2D eigenvalue weighted by Gasteiger charge is -2.15. The first kappa shape index (κ1) is 14.3. The highest BCUT2D eigenvalue weighted by atomic mass is 79.9. The molecule has 0 saturated heterocycles. The highest BCUT2D eigenvalue weighted by Gasteiger charge is 2.34. The minimum absolute atomic E-state index is 0.0443. The van der Waals surface area contributed by atoms with Gasteiger partial charge in [0.1, 0.15) is 5.82 Å². The monoisotopic (exact) mass is 394 g/mol. The molecule has 0 spiro atoms. The molecule has 0 saturated carbocycles. The lowest BCUT2D eigenvalue weighted by Crippen LogP contribution is -2.07. The van der Waals surface area contributed by atoms with E-state index in [4.69, 9.17) is 5.73 Å². The van der Waals surface area contributed by atoms with E-state index in [1.165, 1.54) is 18.3 Å². The molecule has 0 aliphatic rings. The van der Waals surface area contributed by atoms with Crippen molar-refractivity contribution in [2.45, 2.75) is 6.18 Å². The van der Waals surface area contributed by atoms with Crippen molar-refractivity contribution in [1.82, 2.24) is 4.98 Å². The molecule has 0 radical (unpaired) electrons. The first-order valence-corrected chi connectivity index (χ1v) is 6.67. The van der Waals surface area contributed by atoms with Gasteiger partial charge < -0.3 is 5.73 Å². The highest BCUT2D eigenvalue weighted by Crippen LogP contribution is 2.43. The van der Waals surface area contributed by atoms with Crippen molar-refractivity contribution < 1.29 is 13.2 Å². The lowest BCUT2D eigenvalue weighted by atomic mass is 10.00. The van der Waals surface area contributed by atoms with Crippen LogP contribution in [-0.4, -0.2) is 4.98 Å². The van der Waals surface area contributed by atoms with Gasteiger partial charge in [0.2, 0.25) is 0 Å². The Balaban J connectivity index is 2.77. The molecule has 19 heavy (non-hydrogen) atoms. The van der Waals surface area contributed by atoms with Gasteiger partial charge in [0.05, 0.1) is 10.0 Å². The molecule has 0 aliphatic carbocycles. The molecule has 0 unspecified atom stereocenters. The molecule has 100 valence electrons. The smallest absolute Gasteiger partial charge is 0.383 e. The standard InChI is InChI=1S/C12H7Br2F3N2/c13-8-5-19-11(18)10(14)9(8)6-3-1-2-4-7(6)12(15,16)17/h1-5H,(H2,18,19). The van der Waals surface area contributed by atoms with Gasteiger partial charge in [0.25, 0.3) is 0 Å². The number of benzene rings is 1. The van der Waals surface area contributed by atoms with Crippen LogP contribution in [0.2, 0.25) is 0 Å². The van der Waals surface area contributed by atoms with Crippen molar-refractivity contribution in [1.29, 1.82) is 0 Å². The summed E-state index contributed by atoms with van der Waals surface area (Å²) in [5.74, 6) is 0.134. The number of nitrogen functional groups attached to an aromatic ring is 1. The predicted octanol–water partition coefficient (Wildman–Crippen LogP) is 4.87. The Bertz CT molecular complexity index is 627. The van der Waals surface area contributed by atoms with Gasteiger partial charge >= 0.3 is 6.18 Å². The topological polar surface area (TPSA) is 38.9 Å². The molecule has 0 amide bonds. The number of hydrogen-bond donors (Lipinski definition) is 1. The SMILES string of the molecule is Nc1ncc(Br)c(-c2ccccc2C(F)(F)F)c1Br. The maximum absolute atomic E-state index is 13.0. The second-order valence-corrected chi connectivity index (χ2v) is 5.37. The molecule has 2 nitrogen and oxygen atoms in total. The number of hydrogen-bond acceptors (Lipinski definition) is 2. The summed E-state index contributed by atoms with van der Waals surface area (Å²) in [6.45, 7) is 0. The molecule has 0 fully saturated rings. The Hall–Kier alpha value is -1.08. The molecular weight excluding hydrogens is 389 g/mol. The van der Waals surface area contributed by atoms with Gasteiger partial charge in [-0.2, -0.15) is 13.2 Å². The van der Waals surface area contributed by atoms with Crippen molar-refractivity contribution in [3.63, 3.8) is 0 Å². The number of halogens is 5. The van der Waals surface area contributed by atoms with Crippen LogP contribution in [0.3, 0.4) is 0 Å².